The minimum absolute atomic E-state index is 0.214. The molecule has 0 aliphatic heterocycles. The first-order valence-corrected chi connectivity index (χ1v) is 5.58. The standard InChI is InChI=1S/C12H18O6/c13-6-10(14)12(16)11(15)8-18-17-7-9-4-2-1-3-5-9/h1-5,10-16H,6-8H2/t10-,11+,12-/m0/s1. The van der Waals surface area contributed by atoms with Crippen molar-refractivity contribution in [2.45, 2.75) is 24.9 Å². The predicted octanol–water partition coefficient (Wildman–Crippen LogP) is -0.790. The lowest BCUT2D eigenvalue weighted by atomic mass is 10.1. The summed E-state index contributed by atoms with van der Waals surface area (Å²) in [6.07, 6.45) is -4.21. The average Bonchev–Trinajstić information content (AvgIpc) is 2.42. The van der Waals surface area contributed by atoms with Gasteiger partial charge in [0.25, 0.3) is 0 Å². The number of hydrogen-bond donors (Lipinski definition) is 4. The molecule has 0 radical (unpaired) electrons. The van der Waals surface area contributed by atoms with Crippen molar-refractivity contribution in [2.24, 2.45) is 0 Å². The summed E-state index contributed by atoms with van der Waals surface area (Å²) in [4.78, 5) is 9.55. The van der Waals surface area contributed by atoms with Crippen LogP contribution in [-0.4, -0.2) is 52.0 Å². The first kappa shape index (κ1) is 15.0. The highest BCUT2D eigenvalue weighted by Crippen LogP contribution is 2.03. The Balaban J connectivity index is 2.18. The van der Waals surface area contributed by atoms with Crippen molar-refractivity contribution in [3.8, 4) is 0 Å². The van der Waals surface area contributed by atoms with Gasteiger partial charge < -0.3 is 20.4 Å². The summed E-state index contributed by atoms with van der Waals surface area (Å²) in [5.41, 5.74) is 0.905. The summed E-state index contributed by atoms with van der Waals surface area (Å²) in [5.74, 6) is 0. The zero-order valence-corrected chi connectivity index (χ0v) is 9.85. The first-order chi connectivity index (χ1) is 8.65. The topological polar surface area (TPSA) is 99.4 Å². The van der Waals surface area contributed by atoms with Gasteiger partial charge in [-0.25, -0.2) is 9.78 Å². The van der Waals surface area contributed by atoms with Crippen LogP contribution in [-0.2, 0) is 16.4 Å². The lowest BCUT2D eigenvalue weighted by Gasteiger charge is -2.20. The maximum Gasteiger partial charge on any atom is 0.111 e. The molecule has 1 aromatic carbocycles. The second kappa shape index (κ2) is 8.15. The number of rotatable bonds is 8. The van der Waals surface area contributed by atoms with Gasteiger partial charge >= 0.3 is 0 Å². The first-order valence-electron chi connectivity index (χ1n) is 5.58. The highest BCUT2D eigenvalue weighted by atomic mass is 17.2. The van der Waals surface area contributed by atoms with Crippen LogP contribution >= 0.6 is 0 Å². The zero-order valence-electron chi connectivity index (χ0n) is 9.85. The molecule has 0 saturated carbocycles. The van der Waals surface area contributed by atoms with E-state index < -0.39 is 24.9 Å². The second-order valence-corrected chi connectivity index (χ2v) is 3.84. The van der Waals surface area contributed by atoms with Gasteiger partial charge in [-0.2, -0.15) is 0 Å². The summed E-state index contributed by atoms with van der Waals surface area (Å²) < 4.78 is 0. The molecule has 0 fully saturated rings. The van der Waals surface area contributed by atoms with Crippen molar-refractivity contribution in [1.82, 2.24) is 0 Å². The van der Waals surface area contributed by atoms with Gasteiger partial charge in [-0.3, -0.25) is 0 Å². The van der Waals surface area contributed by atoms with E-state index in [1.807, 2.05) is 30.3 Å². The summed E-state index contributed by atoms with van der Waals surface area (Å²) >= 11 is 0. The fraction of sp³-hybridized carbons (Fsp3) is 0.500. The lowest BCUT2D eigenvalue weighted by Crippen LogP contribution is -2.41. The van der Waals surface area contributed by atoms with Gasteiger partial charge in [0.1, 0.15) is 31.5 Å². The van der Waals surface area contributed by atoms with Crippen LogP contribution in [0.5, 0.6) is 0 Å². The smallest absolute Gasteiger partial charge is 0.111 e. The molecule has 4 N–H and O–H groups in total. The molecule has 18 heavy (non-hydrogen) atoms. The third kappa shape index (κ3) is 5.09. The number of hydrogen-bond acceptors (Lipinski definition) is 6. The average molecular weight is 258 g/mol. The maximum absolute atomic E-state index is 9.39. The van der Waals surface area contributed by atoms with Gasteiger partial charge in [-0.05, 0) is 5.56 Å². The maximum atomic E-state index is 9.39. The summed E-state index contributed by atoms with van der Waals surface area (Å²) in [6.45, 7) is -0.722. The van der Waals surface area contributed by atoms with Gasteiger partial charge in [-0.15, -0.1) is 0 Å². The largest absolute Gasteiger partial charge is 0.394 e. The molecule has 1 rings (SSSR count). The Morgan fingerprint density at radius 3 is 2.22 bits per heavy atom. The SMILES string of the molecule is OC[C@H](O)[C@H](O)[C@H](O)COOCc1ccccc1. The third-order valence-corrected chi connectivity index (χ3v) is 2.37. The minimum atomic E-state index is -1.48. The molecule has 0 aliphatic carbocycles. The molecular formula is C12H18O6. The molecule has 1 aromatic rings. The molecule has 0 spiro atoms. The quantitative estimate of drug-likeness (QED) is 0.277. The Morgan fingerprint density at radius 1 is 0.944 bits per heavy atom. The number of aliphatic hydroxyl groups is 4. The monoisotopic (exact) mass is 258 g/mol. The van der Waals surface area contributed by atoms with Crippen LogP contribution in [0.1, 0.15) is 5.56 Å². The molecule has 0 aromatic heterocycles. The van der Waals surface area contributed by atoms with E-state index in [0.29, 0.717) is 0 Å². The van der Waals surface area contributed by atoms with E-state index in [2.05, 4.69) is 0 Å². The zero-order chi connectivity index (χ0) is 13.4. The highest BCUT2D eigenvalue weighted by molar-refractivity contribution is 5.13. The van der Waals surface area contributed by atoms with Gasteiger partial charge in [0, 0.05) is 0 Å². The van der Waals surface area contributed by atoms with E-state index in [4.69, 9.17) is 20.0 Å². The predicted molar refractivity (Wildman–Crippen MR) is 62.3 cm³/mol. The van der Waals surface area contributed by atoms with Gasteiger partial charge in [0.15, 0.2) is 0 Å². The second-order valence-electron chi connectivity index (χ2n) is 3.84. The molecule has 0 heterocycles. The molecule has 3 atom stereocenters. The van der Waals surface area contributed by atoms with E-state index in [0.717, 1.165) is 5.56 Å². The Kier molecular flexibility index (Phi) is 6.81. The number of benzene rings is 1. The summed E-state index contributed by atoms with van der Waals surface area (Å²) in [6, 6.07) is 9.29. The van der Waals surface area contributed by atoms with Crippen LogP contribution < -0.4 is 0 Å². The van der Waals surface area contributed by atoms with Gasteiger partial charge in [0.05, 0.1) is 6.61 Å². The van der Waals surface area contributed by atoms with Crippen LogP contribution in [0.2, 0.25) is 0 Å². The Hall–Kier alpha value is -1.02. The van der Waals surface area contributed by atoms with Crippen LogP contribution in [0.3, 0.4) is 0 Å². The minimum Gasteiger partial charge on any atom is -0.394 e. The van der Waals surface area contributed by atoms with Gasteiger partial charge in [0.2, 0.25) is 0 Å². The lowest BCUT2D eigenvalue weighted by molar-refractivity contribution is -0.319. The molecule has 0 bridgehead atoms. The summed E-state index contributed by atoms with van der Waals surface area (Å²) in [7, 11) is 0. The van der Waals surface area contributed by atoms with Crippen LogP contribution in [0.15, 0.2) is 30.3 Å². The molecule has 6 heteroatoms. The van der Waals surface area contributed by atoms with E-state index in [1.54, 1.807) is 0 Å². The van der Waals surface area contributed by atoms with E-state index in [9.17, 15) is 10.2 Å². The number of aliphatic hydroxyl groups excluding tert-OH is 4. The van der Waals surface area contributed by atoms with Crippen molar-refractivity contribution in [3.05, 3.63) is 35.9 Å². The molecule has 0 unspecified atom stereocenters. The van der Waals surface area contributed by atoms with E-state index in [-0.39, 0.29) is 13.2 Å². The molecule has 0 aliphatic rings. The molecule has 6 nitrogen and oxygen atoms in total. The highest BCUT2D eigenvalue weighted by Gasteiger charge is 2.24. The fourth-order valence-electron chi connectivity index (χ4n) is 1.26. The van der Waals surface area contributed by atoms with Crippen LogP contribution in [0.4, 0.5) is 0 Å². The fourth-order valence-corrected chi connectivity index (χ4v) is 1.26. The van der Waals surface area contributed by atoms with Gasteiger partial charge in [-0.1, -0.05) is 30.3 Å². The third-order valence-electron chi connectivity index (χ3n) is 2.37. The van der Waals surface area contributed by atoms with Crippen LogP contribution in [0.25, 0.3) is 0 Å². The molecule has 0 saturated heterocycles. The molecule has 102 valence electrons. The van der Waals surface area contributed by atoms with E-state index >= 15 is 0 Å². The van der Waals surface area contributed by atoms with Crippen molar-refractivity contribution in [1.29, 1.82) is 0 Å². The van der Waals surface area contributed by atoms with Crippen molar-refractivity contribution in [3.63, 3.8) is 0 Å². The Bertz CT molecular complexity index is 318. The van der Waals surface area contributed by atoms with Crippen molar-refractivity contribution in [2.75, 3.05) is 13.2 Å². The molecule has 0 amide bonds. The van der Waals surface area contributed by atoms with E-state index in [1.165, 1.54) is 0 Å². The Morgan fingerprint density at radius 2 is 1.61 bits per heavy atom. The normalized spacial score (nSPS) is 16.2. The van der Waals surface area contributed by atoms with Crippen molar-refractivity contribution >= 4 is 0 Å². The molecular weight excluding hydrogens is 240 g/mol. The Labute approximate surface area is 105 Å². The van der Waals surface area contributed by atoms with Crippen molar-refractivity contribution < 1.29 is 30.2 Å². The van der Waals surface area contributed by atoms with Crippen LogP contribution in [0, 0.1) is 0 Å². The summed E-state index contributed by atoms with van der Waals surface area (Å²) in [5, 5.41) is 36.4.